The Morgan fingerprint density at radius 1 is 1.24 bits per heavy atom. The number of fused-ring (bicyclic) bond motifs is 1. The number of pyridine rings is 1. The first kappa shape index (κ1) is 10.1. The van der Waals surface area contributed by atoms with Gasteiger partial charge in [-0.25, -0.2) is 0 Å². The molecule has 1 atom stereocenters. The summed E-state index contributed by atoms with van der Waals surface area (Å²) in [5, 5.41) is 7.76. The number of benzene rings is 1. The number of hydrogen-bond acceptors (Lipinski definition) is 3. The third-order valence-corrected chi connectivity index (χ3v) is 3.26. The van der Waals surface area contributed by atoms with Gasteiger partial charge < -0.3 is 10.6 Å². The summed E-state index contributed by atoms with van der Waals surface area (Å²) in [6.07, 6.45) is 3.89. The average Bonchev–Trinajstić information content (AvgIpc) is 2.91. The highest BCUT2D eigenvalue weighted by Gasteiger charge is 2.16. The summed E-state index contributed by atoms with van der Waals surface area (Å²) in [4.78, 5) is 4.40. The van der Waals surface area contributed by atoms with E-state index < -0.39 is 0 Å². The van der Waals surface area contributed by atoms with Crippen LogP contribution in [0.5, 0.6) is 0 Å². The number of allylic oxidation sites excluding steroid dienone is 1. The summed E-state index contributed by atoms with van der Waals surface area (Å²) in [5.41, 5.74) is 3.61. The summed E-state index contributed by atoms with van der Waals surface area (Å²) in [6.45, 7) is 3.04. The highest BCUT2D eigenvalue weighted by Crippen LogP contribution is 2.28. The molecule has 0 amide bonds. The Kier molecular flexibility index (Phi) is 2.44. The fraction of sp³-hybridized carbons (Fsp3) is 0.214. The first-order chi connectivity index (χ1) is 8.36. The number of nitrogens with zero attached hydrogens (tertiary/aromatic N) is 1. The number of nitrogens with one attached hydrogen (secondary N) is 2. The van der Waals surface area contributed by atoms with Crippen molar-refractivity contribution in [3.8, 4) is 0 Å². The van der Waals surface area contributed by atoms with Crippen molar-refractivity contribution in [3.05, 3.63) is 54.0 Å². The van der Waals surface area contributed by atoms with E-state index in [1.54, 1.807) is 0 Å². The van der Waals surface area contributed by atoms with Crippen molar-refractivity contribution in [3.63, 3.8) is 0 Å². The fourth-order valence-electron chi connectivity index (χ4n) is 2.32. The Bertz CT molecular complexity index is 569. The maximum atomic E-state index is 4.40. The van der Waals surface area contributed by atoms with Crippen LogP contribution in [0.1, 0.15) is 18.4 Å². The zero-order chi connectivity index (χ0) is 11.7. The Morgan fingerprint density at radius 2 is 2.18 bits per heavy atom. The van der Waals surface area contributed by atoms with Crippen LogP contribution in [0.3, 0.4) is 0 Å². The summed E-state index contributed by atoms with van der Waals surface area (Å²) in [5.74, 6) is 0.359. The lowest BCUT2D eigenvalue weighted by Crippen LogP contribution is -2.17. The van der Waals surface area contributed by atoms with Gasteiger partial charge in [0.25, 0.3) is 0 Å². The van der Waals surface area contributed by atoms with Gasteiger partial charge in [0.1, 0.15) is 0 Å². The van der Waals surface area contributed by atoms with Gasteiger partial charge in [0, 0.05) is 29.4 Å². The van der Waals surface area contributed by atoms with Crippen molar-refractivity contribution >= 4 is 10.9 Å². The molecule has 2 heterocycles. The van der Waals surface area contributed by atoms with E-state index >= 15 is 0 Å². The van der Waals surface area contributed by atoms with Crippen molar-refractivity contribution in [2.24, 2.45) is 0 Å². The summed E-state index contributed by atoms with van der Waals surface area (Å²) in [6, 6.07) is 10.4. The van der Waals surface area contributed by atoms with E-state index in [1.807, 2.05) is 12.3 Å². The Labute approximate surface area is 101 Å². The van der Waals surface area contributed by atoms with Crippen LogP contribution in [-0.4, -0.2) is 11.7 Å². The van der Waals surface area contributed by atoms with Crippen LogP contribution in [0.25, 0.3) is 10.9 Å². The van der Waals surface area contributed by atoms with Gasteiger partial charge >= 0.3 is 0 Å². The minimum atomic E-state index is 0.359. The quantitative estimate of drug-likeness (QED) is 0.823. The molecule has 0 fully saturated rings. The third kappa shape index (κ3) is 1.73. The maximum Gasteiger partial charge on any atom is 0.0843 e. The molecule has 3 rings (SSSR count). The van der Waals surface area contributed by atoms with Gasteiger partial charge in [-0.1, -0.05) is 25.1 Å². The standard InChI is InChI=1S/C14H15N3/c1-10(14-8-15-9-17-14)11-4-2-6-13-12(11)5-3-7-16-13/h2-8,10,15,17H,9H2,1H3. The van der Waals surface area contributed by atoms with Crippen molar-refractivity contribution in [1.29, 1.82) is 0 Å². The number of aromatic nitrogens is 1. The average molecular weight is 225 g/mol. The first-order valence-electron chi connectivity index (χ1n) is 5.87. The first-order valence-corrected chi connectivity index (χ1v) is 5.87. The van der Waals surface area contributed by atoms with Gasteiger partial charge in [0.05, 0.1) is 12.2 Å². The van der Waals surface area contributed by atoms with Crippen molar-refractivity contribution in [2.75, 3.05) is 6.67 Å². The second kappa shape index (κ2) is 4.09. The molecule has 1 aliphatic rings. The van der Waals surface area contributed by atoms with Crippen LogP contribution in [0, 0.1) is 0 Å². The largest absolute Gasteiger partial charge is 0.372 e. The Morgan fingerprint density at radius 3 is 3.00 bits per heavy atom. The predicted octanol–water partition coefficient (Wildman–Crippen LogP) is 2.33. The third-order valence-electron chi connectivity index (χ3n) is 3.26. The molecule has 0 saturated heterocycles. The van der Waals surface area contributed by atoms with Crippen molar-refractivity contribution in [2.45, 2.75) is 12.8 Å². The fourth-order valence-corrected chi connectivity index (χ4v) is 2.32. The van der Waals surface area contributed by atoms with Crippen LogP contribution < -0.4 is 10.6 Å². The monoisotopic (exact) mass is 225 g/mol. The second-order valence-electron chi connectivity index (χ2n) is 4.30. The summed E-state index contributed by atoms with van der Waals surface area (Å²) in [7, 11) is 0. The van der Waals surface area contributed by atoms with Crippen LogP contribution in [-0.2, 0) is 0 Å². The highest BCUT2D eigenvalue weighted by atomic mass is 15.1. The lowest BCUT2D eigenvalue weighted by Gasteiger charge is -2.15. The highest BCUT2D eigenvalue weighted by molar-refractivity contribution is 5.82. The molecular formula is C14H15N3. The van der Waals surface area contributed by atoms with E-state index in [0.717, 1.165) is 12.2 Å². The molecule has 0 spiro atoms. The zero-order valence-corrected chi connectivity index (χ0v) is 9.77. The normalized spacial score (nSPS) is 16.2. The van der Waals surface area contributed by atoms with Crippen molar-refractivity contribution < 1.29 is 0 Å². The molecule has 17 heavy (non-hydrogen) atoms. The lowest BCUT2D eigenvalue weighted by atomic mass is 9.94. The van der Waals surface area contributed by atoms with E-state index in [4.69, 9.17) is 0 Å². The zero-order valence-electron chi connectivity index (χ0n) is 9.77. The summed E-state index contributed by atoms with van der Waals surface area (Å²) < 4.78 is 0. The van der Waals surface area contributed by atoms with Crippen LogP contribution >= 0.6 is 0 Å². The molecule has 0 radical (unpaired) electrons. The summed E-state index contributed by atoms with van der Waals surface area (Å²) >= 11 is 0. The SMILES string of the molecule is CC(C1=CNCN1)c1cccc2ncccc12. The van der Waals surface area contributed by atoms with E-state index in [-0.39, 0.29) is 0 Å². The lowest BCUT2D eigenvalue weighted by molar-refractivity contribution is 0.751. The molecule has 3 heteroatoms. The molecular weight excluding hydrogens is 210 g/mol. The van der Waals surface area contributed by atoms with Gasteiger partial charge in [0.15, 0.2) is 0 Å². The Hall–Kier alpha value is -2.03. The van der Waals surface area contributed by atoms with Crippen LogP contribution in [0.2, 0.25) is 0 Å². The van der Waals surface area contributed by atoms with Gasteiger partial charge in [-0.2, -0.15) is 0 Å². The number of hydrogen-bond donors (Lipinski definition) is 2. The van der Waals surface area contributed by atoms with Gasteiger partial charge in [0.2, 0.25) is 0 Å². The molecule has 0 aliphatic carbocycles. The molecule has 1 aromatic heterocycles. The topological polar surface area (TPSA) is 37.0 Å². The van der Waals surface area contributed by atoms with Gasteiger partial charge in [-0.15, -0.1) is 0 Å². The maximum absolute atomic E-state index is 4.40. The molecule has 1 unspecified atom stereocenters. The molecule has 1 aromatic carbocycles. The second-order valence-corrected chi connectivity index (χ2v) is 4.30. The predicted molar refractivity (Wildman–Crippen MR) is 69.4 cm³/mol. The van der Waals surface area contributed by atoms with E-state index in [0.29, 0.717) is 5.92 Å². The van der Waals surface area contributed by atoms with Crippen LogP contribution in [0.15, 0.2) is 48.4 Å². The minimum absolute atomic E-state index is 0.359. The molecule has 86 valence electrons. The Balaban J connectivity index is 2.10. The number of rotatable bonds is 2. The van der Waals surface area contributed by atoms with Crippen molar-refractivity contribution in [1.82, 2.24) is 15.6 Å². The molecule has 0 saturated carbocycles. The van der Waals surface area contributed by atoms with E-state index in [2.05, 4.69) is 53.0 Å². The van der Waals surface area contributed by atoms with Gasteiger partial charge in [-0.05, 0) is 17.7 Å². The van der Waals surface area contributed by atoms with Gasteiger partial charge in [-0.3, -0.25) is 4.98 Å². The molecule has 0 bridgehead atoms. The molecule has 2 aromatic rings. The molecule has 2 N–H and O–H groups in total. The van der Waals surface area contributed by atoms with Crippen LogP contribution in [0.4, 0.5) is 0 Å². The van der Waals surface area contributed by atoms with E-state index in [9.17, 15) is 0 Å². The molecule has 3 nitrogen and oxygen atoms in total. The minimum Gasteiger partial charge on any atom is -0.372 e. The van der Waals surface area contributed by atoms with E-state index in [1.165, 1.54) is 16.6 Å². The molecule has 1 aliphatic heterocycles. The smallest absolute Gasteiger partial charge is 0.0843 e.